The molecule has 0 saturated carbocycles. The Kier molecular flexibility index (Phi) is 4.58. The number of hydrogen-bond acceptors (Lipinski definition) is 4. The summed E-state index contributed by atoms with van der Waals surface area (Å²) in [6.07, 6.45) is 1.49. The van der Waals surface area contributed by atoms with Crippen LogP contribution in [-0.2, 0) is 4.74 Å². The van der Waals surface area contributed by atoms with Crippen molar-refractivity contribution in [1.82, 2.24) is 10.3 Å². The fraction of sp³-hybridized carbons (Fsp3) is 0.500. The van der Waals surface area contributed by atoms with E-state index in [9.17, 15) is 4.79 Å². The number of aromatic nitrogens is 1. The first-order valence-electron chi connectivity index (χ1n) is 8.83. The van der Waals surface area contributed by atoms with Gasteiger partial charge in [-0.15, -0.1) is 0 Å². The number of aryl methyl sites for hydroxylation is 1. The van der Waals surface area contributed by atoms with Crippen LogP contribution >= 0.6 is 0 Å². The van der Waals surface area contributed by atoms with Gasteiger partial charge in [0.05, 0.1) is 11.6 Å². The molecule has 1 aromatic heterocycles. The predicted octanol–water partition coefficient (Wildman–Crippen LogP) is 3.89. The second-order valence-electron chi connectivity index (χ2n) is 7.94. The van der Waals surface area contributed by atoms with Crippen molar-refractivity contribution in [2.45, 2.75) is 46.3 Å². The van der Waals surface area contributed by atoms with E-state index in [1.165, 1.54) is 11.3 Å². The number of pyridine rings is 1. The maximum absolute atomic E-state index is 12.1. The van der Waals surface area contributed by atoms with Crippen LogP contribution in [0.15, 0.2) is 30.5 Å². The van der Waals surface area contributed by atoms with Gasteiger partial charge in [-0.3, -0.25) is 4.98 Å². The van der Waals surface area contributed by atoms with Crippen LogP contribution in [0.3, 0.4) is 0 Å². The third-order valence-corrected chi connectivity index (χ3v) is 4.60. The molecule has 2 heterocycles. The van der Waals surface area contributed by atoms with E-state index in [0.29, 0.717) is 5.92 Å². The van der Waals surface area contributed by atoms with Crippen LogP contribution in [0, 0.1) is 12.8 Å². The number of benzene rings is 1. The quantitative estimate of drug-likeness (QED) is 0.900. The van der Waals surface area contributed by atoms with E-state index in [1.54, 1.807) is 0 Å². The van der Waals surface area contributed by atoms with Gasteiger partial charge in [0.2, 0.25) is 0 Å². The zero-order chi connectivity index (χ0) is 18.2. The van der Waals surface area contributed by atoms with E-state index >= 15 is 0 Å². The molecule has 3 rings (SSSR count). The Bertz CT molecular complexity index is 782. The topological polar surface area (TPSA) is 54.5 Å². The van der Waals surface area contributed by atoms with Gasteiger partial charge >= 0.3 is 6.09 Å². The van der Waals surface area contributed by atoms with Crippen LogP contribution in [0.2, 0.25) is 0 Å². The minimum Gasteiger partial charge on any atom is -0.444 e. The molecule has 1 aliphatic rings. The first-order chi connectivity index (χ1) is 11.7. The molecule has 0 unspecified atom stereocenters. The Labute approximate surface area is 149 Å². The van der Waals surface area contributed by atoms with Crippen molar-refractivity contribution in [3.63, 3.8) is 0 Å². The molecule has 0 radical (unpaired) electrons. The van der Waals surface area contributed by atoms with Crippen LogP contribution < -0.4 is 10.2 Å². The standard InChI is InChI=1S/C20H27N3O2/c1-13-8-9-17(15-7-6-10-21-18(13)15)23-11-14(2)16(12-23)22-19(24)25-20(3,4)5/h6-10,14,16H,11-12H2,1-5H3,(H,22,24)/t14-,16+/m1/s1. The number of ether oxygens (including phenoxy) is 1. The van der Waals surface area contributed by atoms with Gasteiger partial charge in [-0.2, -0.15) is 0 Å². The van der Waals surface area contributed by atoms with Gasteiger partial charge in [0, 0.05) is 30.4 Å². The van der Waals surface area contributed by atoms with E-state index in [-0.39, 0.29) is 12.1 Å². The SMILES string of the molecule is Cc1ccc(N2C[C@@H](C)[C@@H](NC(=O)OC(C)(C)C)C2)c2cccnc12. The van der Waals surface area contributed by atoms with Gasteiger partial charge in [0.1, 0.15) is 5.60 Å². The molecule has 134 valence electrons. The van der Waals surface area contributed by atoms with Crippen molar-refractivity contribution < 1.29 is 9.53 Å². The molecule has 1 amide bonds. The summed E-state index contributed by atoms with van der Waals surface area (Å²) in [5, 5.41) is 4.19. The lowest BCUT2D eigenvalue weighted by atomic mass is 10.1. The normalized spacial score (nSPS) is 20.8. The molecule has 2 aromatic rings. The fourth-order valence-corrected chi connectivity index (χ4v) is 3.38. The summed E-state index contributed by atoms with van der Waals surface area (Å²) >= 11 is 0. The molecule has 1 aliphatic heterocycles. The minimum atomic E-state index is -0.482. The third kappa shape index (κ3) is 3.86. The Morgan fingerprint density at radius 1 is 1.28 bits per heavy atom. The first kappa shape index (κ1) is 17.5. The van der Waals surface area contributed by atoms with Crippen molar-refractivity contribution in [2.24, 2.45) is 5.92 Å². The van der Waals surface area contributed by atoms with Crippen LogP contribution in [0.25, 0.3) is 10.9 Å². The molecule has 0 bridgehead atoms. The molecule has 5 nitrogen and oxygen atoms in total. The number of rotatable bonds is 2. The second-order valence-corrected chi connectivity index (χ2v) is 7.94. The molecule has 0 aliphatic carbocycles. The molecule has 2 atom stereocenters. The van der Waals surface area contributed by atoms with Crippen LogP contribution in [-0.4, -0.2) is 35.8 Å². The lowest BCUT2D eigenvalue weighted by molar-refractivity contribution is 0.0499. The zero-order valence-corrected chi connectivity index (χ0v) is 15.7. The molecule has 25 heavy (non-hydrogen) atoms. The van der Waals surface area contributed by atoms with E-state index < -0.39 is 5.60 Å². The Morgan fingerprint density at radius 2 is 2.04 bits per heavy atom. The molecular formula is C20H27N3O2. The van der Waals surface area contributed by atoms with E-state index in [0.717, 1.165) is 24.0 Å². The van der Waals surface area contributed by atoms with Gasteiger partial charge < -0.3 is 15.0 Å². The molecule has 1 aromatic carbocycles. The highest BCUT2D eigenvalue weighted by Crippen LogP contribution is 2.31. The number of nitrogens with one attached hydrogen (secondary N) is 1. The van der Waals surface area contributed by atoms with Crippen LogP contribution in [0.1, 0.15) is 33.3 Å². The van der Waals surface area contributed by atoms with E-state index in [4.69, 9.17) is 4.74 Å². The number of carbonyl (C=O) groups is 1. The van der Waals surface area contributed by atoms with Gasteiger partial charge in [-0.05, 0) is 57.4 Å². The van der Waals surface area contributed by atoms with Crippen molar-refractivity contribution in [3.05, 3.63) is 36.0 Å². The molecule has 0 spiro atoms. The number of anilines is 1. The monoisotopic (exact) mass is 341 g/mol. The summed E-state index contributed by atoms with van der Waals surface area (Å²) in [4.78, 5) is 19.0. The maximum atomic E-state index is 12.1. The average Bonchev–Trinajstić information content (AvgIpc) is 2.86. The number of fused-ring (bicyclic) bond motifs is 1. The highest BCUT2D eigenvalue weighted by atomic mass is 16.6. The fourth-order valence-electron chi connectivity index (χ4n) is 3.38. The molecular weight excluding hydrogens is 314 g/mol. The second kappa shape index (κ2) is 6.54. The highest BCUT2D eigenvalue weighted by molar-refractivity contribution is 5.93. The average molecular weight is 341 g/mol. The number of alkyl carbamates (subject to hydrolysis) is 1. The lowest BCUT2D eigenvalue weighted by Crippen LogP contribution is -2.42. The third-order valence-electron chi connectivity index (χ3n) is 4.60. The summed E-state index contributed by atoms with van der Waals surface area (Å²) in [6, 6.07) is 8.43. The largest absolute Gasteiger partial charge is 0.444 e. The number of carbonyl (C=O) groups excluding carboxylic acids is 1. The van der Waals surface area contributed by atoms with Gasteiger partial charge in [0.25, 0.3) is 0 Å². The summed E-state index contributed by atoms with van der Waals surface area (Å²) in [7, 11) is 0. The van der Waals surface area contributed by atoms with E-state index in [2.05, 4.69) is 47.2 Å². The van der Waals surface area contributed by atoms with Crippen molar-refractivity contribution in [1.29, 1.82) is 0 Å². The Morgan fingerprint density at radius 3 is 2.76 bits per heavy atom. The van der Waals surface area contributed by atoms with Gasteiger partial charge in [-0.1, -0.05) is 13.0 Å². The lowest BCUT2D eigenvalue weighted by Gasteiger charge is -2.23. The summed E-state index contributed by atoms with van der Waals surface area (Å²) in [6.45, 7) is 11.5. The molecule has 1 saturated heterocycles. The highest BCUT2D eigenvalue weighted by Gasteiger charge is 2.32. The van der Waals surface area contributed by atoms with Crippen LogP contribution in [0.4, 0.5) is 10.5 Å². The summed E-state index contributed by atoms with van der Waals surface area (Å²) in [5.41, 5.74) is 2.91. The van der Waals surface area contributed by atoms with Gasteiger partial charge in [-0.25, -0.2) is 4.79 Å². The molecule has 1 N–H and O–H groups in total. The zero-order valence-electron chi connectivity index (χ0n) is 15.7. The maximum Gasteiger partial charge on any atom is 0.407 e. The Balaban J connectivity index is 1.78. The smallest absolute Gasteiger partial charge is 0.407 e. The van der Waals surface area contributed by atoms with E-state index in [1.807, 2.05) is 33.0 Å². The molecule has 1 fully saturated rings. The first-order valence-corrected chi connectivity index (χ1v) is 8.83. The minimum absolute atomic E-state index is 0.0721. The number of amides is 1. The van der Waals surface area contributed by atoms with Gasteiger partial charge in [0.15, 0.2) is 0 Å². The van der Waals surface area contributed by atoms with Crippen molar-refractivity contribution in [2.75, 3.05) is 18.0 Å². The van der Waals surface area contributed by atoms with Crippen molar-refractivity contribution >= 4 is 22.7 Å². The number of nitrogens with zero attached hydrogens (tertiary/aromatic N) is 2. The van der Waals surface area contributed by atoms with Crippen LogP contribution in [0.5, 0.6) is 0 Å². The predicted molar refractivity (Wildman–Crippen MR) is 101 cm³/mol. The summed E-state index contributed by atoms with van der Waals surface area (Å²) < 4.78 is 5.40. The Hall–Kier alpha value is -2.30. The number of hydrogen-bond donors (Lipinski definition) is 1. The summed E-state index contributed by atoms with van der Waals surface area (Å²) in [5.74, 6) is 0.348. The van der Waals surface area contributed by atoms with Crippen molar-refractivity contribution in [3.8, 4) is 0 Å². The molecule has 5 heteroatoms.